The van der Waals surface area contributed by atoms with Crippen LogP contribution in [0.3, 0.4) is 0 Å². The number of carbonyl (C=O) groups is 3. The molecule has 0 radical (unpaired) electrons. The molecule has 1 aliphatic rings. The Bertz CT molecular complexity index is 1280. The van der Waals surface area contributed by atoms with E-state index in [1.807, 2.05) is 72.8 Å². The smallest absolute Gasteiger partial charge is 0.407 e. The molecule has 1 aromatic heterocycles. The van der Waals surface area contributed by atoms with Gasteiger partial charge in [-0.1, -0.05) is 60.7 Å². The van der Waals surface area contributed by atoms with E-state index in [0.717, 1.165) is 16.7 Å². The average Bonchev–Trinajstić information content (AvgIpc) is 3.26. The number of methoxy groups -OCH3 is 1. The number of aliphatic imine (C=N–C) groups is 1. The number of hydrogen-bond donors (Lipinski definition) is 3. The molecular weight excluding hydrogens is 508 g/mol. The molecule has 2 aromatic carbocycles. The summed E-state index contributed by atoms with van der Waals surface area (Å²) < 4.78 is 4.68. The maximum absolute atomic E-state index is 13.8. The Kier molecular flexibility index (Phi) is 9.45. The number of unbranched alkanes of at least 4 members (excludes halogenated alkanes) is 1. The van der Waals surface area contributed by atoms with Crippen LogP contribution in [-0.4, -0.2) is 60.0 Å². The molecule has 0 aliphatic carbocycles. The molecule has 0 fully saturated rings. The Hall–Kier alpha value is -4.73. The van der Waals surface area contributed by atoms with Crippen molar-refractivity contribution in [3.8, 4) is 0 Å². The normalized spacial score (nSPS) is 14.8. The van der Waals surface area contributed by atoms with E-state index in [0.29, 0.717) is 38.8 Å². The minimum Gasteiger partial charge on any atom is -0.453 e. The first-order chi connectivity index (χ1) is 19.5. The van der Waals surface area contributed by atoms with Crippen LogP contribution in [0.4, 0.5) is 4.79 Å². The third kappa shape index (κ3) is 6.45. The van der Waals surface area contributed by atoms with E-state index in [2.05, 4.69) is 20.4 Å². The van der Waals surface area contributed by atoms with Crippen molar-refractivity contribution in [2.75, 3.05) is 20.2 Å². The molecule has 0 saturated carbocycles. The number of amides is 3. The molecule has 1 aliphatic heterocycles. The van der Waals surface area contributed by atoms with Gasteiger partial charge in [0.25, 0.3) is 5.91 Å². The number of pyridine rings is 1. The number of hydrogen-bond acceptors (Lipinski definition) is 7. The molecule has 3 aromatic rings. The van der Waals surface area contributed by atoms with Crippen LogP contribution in [-0.2, 0) is 26.3 Å². The van der Waals surface area contributed by atoms with Crippen molar-refractivity contribution in [3.63, 3.8) is 0 Å². The molecule has 4 N–H and O–H groups in total. The first-order valence-corrected chi connectivity index (χ1v) is 13.2. The summed E-state index contributed by atoms with van der Waals surface area (Å²) in [5, 5.41) is 5.48. The van der Waals surface area contributed by atoms with Gasteiger partial charge in [0, 0.05) is 25.5 Å². The van der Waals surface area contributed by atoms with Crippen molar-refractivity contribution >= 4 is 23.9 Å². The number of rotatable bonds is 12. The number of nitrogens with zero attached hydrogens (tertiary/aromatic N) is 3. The number of aromatic nitrogens is 1. The van der Waals surface area contributed by atoms with Crippen LogP contribution in [0.15, 0.2) is 90.2 Å². The Labute approximate surface area is 233 Å². The first-order valence-electron chi connectivity index (χ1n) is 13.2. The molecule has 0 saturated heterocycles. The summed E-state index contributed by atoms with van der Waals surface area (Å²) in [6, 6.07) is 21.8. The summed E-state index contributed by atoms with van der Waals surface area (Å²) >= 11 is 0. The number of nitrogens with two attached hydrogens (primary N) is 1. The molecule has 0 unspecified atom stereocenters. The second-order valence-electron chi connectivity index (χ2n) is 9.45. The van der Waals surface area contributed by atoms with Crippen molar-refractivity contribution in [1.29, 1.82) is 0 Å². The number of alkyl carbamates (subject to hydrolysis) is 1. The van der Waals surface area contributed by atoms with Crippen LogP contribution in [0.1, 0.15) is 36.0 Å². The van der Waals surface area contributed by atoms with Crippen LogP contribution in [0.25, 0.3) is 0 Å². The third-order valence-electron chi connectivity index (χ3n) is 6.87. The Balaban J connectivity index is 1.33. The fraction of sp³-hybridized carbons (Fsp3) is 0.300. The van der Waals surface area contributed by atoms with Gasteiger partial charge in [0.1, 0.15) is 6.04 Å². The predicted octanol–water partition coefficient (Wildman–Crippen LogP) is 2.74. The van der Waals surface area contributed by atoms with Gasteiger partial charge in [-0.2, -0.15) is 0 Å². The SMILES string of the molecule is COC(=O)N[C@@H](CCc1ccncc1)C(=O)NCCCCN1C(=O)C(c2ccccc2)(c2ccccc2)N=C1N. The average molecular weight is 543 g/mol. The fourth-order valence-electron chi connectivity index (χ4n) is 4.76. The van der Waals surface area contributed by atoms with Gasteiger partial charge in [-0.25, -0.2) is 9.79 Å². The highest BCUT2D eigenvalue weighted by Crippen LogP contribution is 2.39. The number of guanidine groups is 1. The molecule has 10 nitrogen and oxygen atoms in total. The van der Waals surface area contributed by atoms with E-state index >= 15 is 0 Å². The molecule has 0 bridgehead atoms. The van der Waals surface area contributed by atoms with E-state index in [-0.39, 0.29) is 17.8 Å². The molecule has 10 heteroatoms. The number of carbonyl (C=O) groups excluding carboxylic acids is 3. The lowest BCUT2D eigenvalue weighted by molar-refractivity contribution is -0.130. The van der Waals surface area contributed by atoms with Gasteiger partial charge in [0.15, 0.2) is 11.5 Å². The molecule has 2 heterocycles. The second kappa shape index (κ2) is 13.4. The van der Waals surface area contributed by atoms with E-state index < -0.39 is 17.7 Å². The van der Waals surface area contributed by atoms with Gasteiger partial charge in [0.05, 0.1) is 7.11 Å². The number of ether oxygens (including phenoxy) is 1. The summed E-state index contributed by atoms with van der Waals surface area (Å²) in [7, 11) is 1.26. The molecular formula is C30H34N6O4. The monoisotopic (exact) mass is 542 g/mol. The van der Waals surface area contributed by atoms with Gasteiger partial charge >= 0.3 is 6.09 Å². The lowest BCUT2D eigenvalue weighted by atomic mass is 9.83. The molecule has 208 valence electrons. The summed E-state index contributed by atoms with van der Waals surface area (Å²) in [5.74, 6) is -0.338. The molecule has 3 amide bonds. The highest BCUT2D eigenvalue weighted by molar-refractivity contribution is 6.09. The van der Waals surface area contributed by atoms with Gasteiger partial charge in [0.2, 0.25) is 5.91 Å². The van der Waals surface area contributed by atoms with Crippen LogP contribution < -0.4 is 16.4 Å². The van der Waals surface area contributed by atoms with Crippen molar-refractivity contribution in [2.45, 2.75) is 37.3 Å². The van der Waals surface area contributed by atoms with Crippen LogP contribution in [0.5, 0.6) is 0 Å². The highest BCUT2D eigenvalue weighted by Gasteiger charge is 2.50. The summed E-state index contributed by atoms with van der Waals surface area (Å²) in [6.07, 6.45) is 4.88. The van der Waals surface area contributed by atoms with E-state index in [4.69, 9.17) is 10.7 Å². The summed E-state index contributed by atoms with van der Waals surface area (Å²) in [5.41, 5.74) is 7.57. The standard InChI is InChI=1S/C30H34N6O4/c1-40-29(39)34-25(15-14-22-16-19-32-20-17-22)26(37)33-18-8-9-21-36-27(38)30(35-28(36)31,23-10-4-2-5-11-23)24-12-6-3-7-13-24/h2-7,10-13,16-17,19-20,25H,8-9,14-15,18,21H2,1H3,(H2,31,35)(H,33,37)(H,34,39)/t25-/m0/s1. The topological polar surface area (TPSA) is 139 Å². The minimum absolute atomic E-state index is 0.167. The van der Waals surface area contributed by atoms with E-state index in [9.17, 15) is 14.4 Å². The molecule has 0 spiro atoms. The Morgan fingerprint density at radius 1 is 0.975 bits per heavy atom. The van der Waals surface area contributed by atoms with Crippen LogP contribution in [0, 0.1) is 0 Å². The zero-order valence-corrected chi connectivity index (χ0v) is 22.5. The maximum atomic E-state index is 13.8. The van der Waals surface area contributed by atoms with Crippen molar-refractivity contribution in [3.05, 3.63) is 102 Å². The quantitative estimate of drug-likeness (QED) is 0.301. The molecule has 40 heavy (non-hydrogen) atoms. The lowest BCUT2D eigenvalue weighted by Crippen LogP contribution is -2.47. The van der Waals surface area contributed by atoms with Crippen LogP contribution >= 0.6 is 0 Å². The van der Waals surface area contributed by atoms with Crippen LogP contribution in [0.2, 0.25) is 0 Å². The fourth-order valence-corrected chi connectivity index (χ4v) is 4.76. The van der Waals surface area contributed by atoms with Crippen molar-refractivity contribution in [2.24, 2.45) is 10.7 Å². The van der Waals surface area contributed by atoms with Gasteiger partial charge in [-0.15, -0.1) is 0 Å². The summed E-state index contributed by atoms with van der Waals surface area (Å²) in [4.78, 5) is 48.7. The third-order valence-corrected chi connectivity index (χ3v) is 6.87. The number of nitrogens with one attached hydrogen (secondary N) is 2. The highest BCUT2D eigenvalue weighted by atomic mass is 16.5. The number of benzene rings is 2. The first kappa shape index (κ1) is 28.3. The number of aryl methyl sites for hydroxylation is 1. The predicted molar refractivity (Wildman–Crippen MR) is 151 cm³/mol. The minimum atomic E-state index is -1.23. The molecule has 1 atom stereocenters. The van der Waals surface area contributed by atoms with Gasteiger partial charge in [-0.3, -0.25) is 19.5 Å². The lowest BCUT2D eigenvalue weighted by Gasteiger charge is -2.27. The zero-order valence-electron chi connectivity index (χ0n) is 22.5. The Morgan fingerprint density at radius 2 is 1.60 bits per heavy atom. The van der Waals surface area contributed by atoms with E-state index in [1.54, 1.807) is 12.4 Å². The second-order valence-corrected chi connectivity index (χ2v) is 9.45. The zero-order chi connectivity index (χ0) is 28.4. The maximum Gasteiger partial charge on any atom is 0.407 e. The van der Waals surface area contributed by atoms with E-state index in [1.165, 1.54) is 12.0 Å². The Morgan fingerprint density at radius 3 is 2.20 bits per heavy atom. The van der Waals surface area contributed by atoms with Gasteiger partial charge < -0.3 is 21.1 Å². The van der Waals surface area contributed by atoms with Crippen molar-refractivity contribution in [1.82, 2.24) is 20.5 Å². The summed E-state index contributed by atoms with van der Waals surface area (Å²) in [6.45, 7) is 0.729. The van der Waals surface area contributed by atoms with Gasteiger partial charge in [-0.05, 0) is 54.5 Å². The molecule has 4 rings (SSSR count). The largest absolute Gasteiger partial charge is 0.453 e. The van der Waals surface area contributed by atoms with Crippen molar-refractivity contribution < 1.29 is 19.1 Å².